The number of hydrogen-bond acceptors (Lipinski definition) is 6. The fourth-order valence-electron chi connectivity index (χ4n) is 2.97. The molecule has 1 aromatic heterocycles. The van der Waals surface area contributed by atoms with Gasteiger partial charge in [0.15, 0.2) is 0 Å². The number of rotatable bonds is 4. The van der Waals surface area contributed by atoms with Gasteiger partial charge in [0, 0.05) is 50.2 Å². The summed E-state index contributed by atoms with van der Waals surface area (Å²) in [6.07, 6.45) is 0. The molecule has 25 heavy (non-hydrogen) atoms. The summed E-state index contributed by atoms with van der Waals surface area (Å²) in [7, 11) is 0. The van der Waals surface area contributed by atoms with Gasteiger partial charge in [0.25, 0.3) is 0 Å². The summed E-state index contributed by atoms with van der Waals surface area (Å²) in [6.45, 7) is 7.79. The van der Waals surface area contributed by atoms with Crippen LogP contribution in [0.3, 0.4) is 0 Å². The summed E-state index contributed by atoms with van der Waals surface area (Å²) in [6, 6.07) is 8.45. The highest BCUT2D eigenvalue weighted by atomic mass is 19.1. The van der Waals surface area contributed by atoms with Crippen LogP contribution in [0.2, 0.25) is 0 Å². The molecule has 1 N–H and O–H groups in total. The third-order valence-corrected chi connectivity index (χ3v) is 4.16. The fourth-order valence-corrected chi connectivity index (χ4v) is 2.97. The van der Waals surface area contributed by atoms with E-state index in [0.29, 0.717) is 11.5 Å². The average molecular weight is 340 g/mol. The van der Waals surface area contributed by atoms with Crippen LogP contribution in [0.1, 0.15) is 18.2 Å². The van der Waals surface area contributed by atoms with Crippen LogP contribution in [-0.2, 0) is 0 Å². The maximum Gasteiger partial charge on any atom is 0.224 e. The van der Waals surface area contributed by atoms with Crippen LogP contribution in [-0.4, -0.2) is 42.7 Å². The molecule has 0 bridgehead atoms. The van der Waals surface area contributed by atoms with Gasteiger partial charge in [-0.1, -0.05) is 0 Å². The van der Waals surface area contributed by atoms with Crippen LogP contribution in [0.5, 0.6) is 0 Å². The van der Waals surface area contributed by atoms with E-state index in [1.165, 1.54) is 12.1 Å². The van der Waals surface area contributed by atoms with Gasteiger partial charge in [0.2, 0.25) is 5.95 Å². The molecule has 1 aliphatic rings. The molecule has 6 nitrogen and oxygen atoms in total. The Kier molecular flexibility index (Phi) is 4.98. The lowest BCUT2D eigenvalue weighted by Crippen LogP contribution is -2.47. The van der Waals surface area contributed by atoms with E-state index >= 15 is 0 Å². The van der Waals surface area contributed by atoms with Crippen molar-refractivity contribution in [2.24, 2.45) is 0 Å². The van der Waals surface area contributed by atoms with Crippen molar-refractivity contribution in [3.05, 3.63) is 41.3 Å². The highest BCUT2D eigenvalue weighted by molar-refractivity contribution is 5.54. The molecule has 0 unspecified atom stereocenters. The molecular formula is C18H21FN6. The molecule has 0 spiro atoms. The van der Waals surface area contributed by atoms with E-state index in [-0.39, 0.29) is 5.82 Å². The number of aryl methyl sites for hydroxylation is 1. The van der Waals surface area contributed by atoms with Crippen LogP contribution in [0.25, 0.3) is 0 Å². The van der Waals surface area contributed by atoms with Gasteiger partial charge < -0.3 is 15.1 Å². The normalized spacial score (nSPS) is 14.3. The Bertz CT molecular complexity index is 793. The number of aromatic nitrogens is 2. The first-order valence-electron chi connectivity index (χ1n) is 8.39. The SMILES string of the molecule is CCNc1nc(C)cc(N2CCN(c3cc(F)cc(C#N)c3)CC2)n1. The minimum Gasteiger partial charge on any atom is -0.368 e. The lowest BCUT2D eigenvalue weighted by atomic mass is 10.1. The van der Waals surface area contributed by atoms with Crippen molar-refractivity contribution in [2.75, 3.05) is 47.8 Å². The van der Waals surface area contributed by atoms with Crippen molar-refractivity contribution in [1.29, 1.82) is 5.26 Å². The Morgan fingerprint density at radius 2 is 1.84 bits per heavy atom. The maximum atomic E-state index is 13.7. The van der Waals surface area contributed by atoms with Crippen molar-refractivity contribution in [2.45, 2.75) is 13.8 Å². The van der Waals surface area contributed by atoms with E-state index in [4.69, 9.17) is 5.26 Å². The van der Waals surface area contributed by atoms with E-state index < -0.39 is 0 Å². The Morgan fingerprint density at radius 3 is 2.52 bits per heavy atom. The minimum absolute atomic E-state index is 0.346. The zero-order valence-electron chi connectivity index (χ0n) is 14.5. The summed E-state index contributed by atoms with van der Waals surface area (Å²) in [5.41, 5.74) is 2.02. The second-order valence-electron chi connectivity index (χ2n) is 6.01. The van der Waals surface area contributed by atoms with Crippen LogP contribution >= 0.6 is 0 Å². The molecule has 0 atom stereocenters. The van der Waals surface area contributed by atoms with Gasteiger partial charge in [0.1, 0.15) is 11.6 Å². The summed E-state index contributed by atoms with van der Waals surface area (Å²) in [4.78, 5) is 13.2. The van der Waals surface area contributed by atoms with Crippen LogP contribution in [0.15, 0.2) is 24.3 Å². The average Bonchev–Trinajstić information content (AvgIpc) is 2.61. The van der Waals surface area contributed by atoms with E-state index in [1.54, 1.807) is 6.07 Å². The molecule has 0 saturated carbocycles. The molecule has 130 valence electrons. The Labute approximate surface area is 146 Å². The second kappa shape index (κ2) is 7.34. The minimum atomic E-state index is -0.377. The molecule has 1 fully saturated rings. The Hall–Kier alpha value is -2.88. The lowest BCUT2D eigenvalue weighted by molar-refractivity contribution is 0.618. The van der Waals surface area contributed by atoms with Crippen LogP contribution in [0.4, 0.5) is 21.8 Å². The van der Waals surface area contributed by atoms with E-state index in [0.717, 1.165) is 49.9 Å². The number of nitriles is 1. The molecule has 3 rings (SSSR count). The number of piperazine rings is 1. The number of benzene rings is 1. The largest absolute Gasteiger partial charge is 0.368 e. The van der Waals surface area contributed by atoms with Crippen LogP contribution in [0, 0.1) is 24.1 Å². The van der Waals surface area contributed by atoms with Gasteiger partial charge in [-0.15, -0.1) is 0 Å². The molecular weight excluding hydrogens is 319 g/mol. The second-order valence-corrected chi connectivity index (χ2v) is 6.01. The predicted molar refractivity (Wildman–Crippen MR) is 96.5 cm³/mol. The zero-order valence-corrected chi connectivity index (χ0v) is 14.5. The van der Waals surface area contributed by atoms with Crippen molar-refractivity contribution in [3.8, 4) is 6.07 Å². The summed E-state index contributed by atoms with van der Waals surface area (Å²) >= 11 is 0. The van der Waals surface area contributed by atoms with Gasteiger partial charge in [-0.2, -0.15) is 10.2 Å². The van der Waals surface area contributed by atoms with Crippen molar-refractivity contribution in [1.82, 2.24) is 9.97 Å². The highest BCUT2D eigenvalue weighted by Gasteiger charge is 2.20. The number of halogens is 1. The van der Waals surface area contributed by atoms with E-state index in [2.05, 4.69) is 25.1 Å². The highest BCUT2D eigenvalue weighted by Crippen LogP contribution is 2.22. The predicted octanol–water partition coefficient (Wildman–Crippen LogP) is 2.55. The first-order valence-corrected chi connectivity index (χ1v) is 8.39. The lowest BCUT2D eigenvalue weighted by Gasteiger charge is -2.37. The van der Waals surface area contributed by atoms with Gasteiger partial charge >= 0.3 is 0 Å². The van der Waals surface area contributed by atoms with Crippen molar-refractivity contribution < 1.29 is 4.39 Å². The fraction of sp³-hybridized carbons (Fsp3) is 0.389. The first-order chi connectivity index (χ1) is 12.1. The standard InChI is InChI=1S/C18H21FN6/c1-3-21-18-22-13(2)8-17(23-18)25-6-4-24(5-7-25)16-10-14(12-20)9-15(19)11-16/h8-11H,3-7H2,1-2H3,(H,21,22,23). The zero-order chi connectivity index (χ0) is 17.8. The molecule has 7 heteroatoms. The van der Waals surface area contributed by atoms with Gasteiger partial charge in [-0.05, 0) is 32.0 Å². The van der Waals surface area contributed by atoms with Crippen molar-refractivity contribution in [3.63, 3.8) is 0 Å². The molecule has 0 amide bonds. The number of nitrogens with one attached hydrogen (secondary N) is 1. The topological polar surface area (TPSA) is 68.1 Å². The van der Waals surface area contributed by atoms with E-state index in [1.807, 2.05) is 26.0 Å². The number of nitrogens with zero attached hydrogens (tertiary/aromatic N) is 5. The molecule has 0 aliphatic carbocycles. The molecule has 2 heterocycles. The molecule has 1 aliphatic heterocycles. The molecule has 1 aromatic carbocycles. The van der Waals surface area contributed by atoms with Crippen molar-refractivity contribution >= 4 is 17.5 Å². The monoisotopic (exact) mass is 340 g/mol. The maximum absolute atomic E-state index is 13.7. The Morgan fingerprint density at radius 1 is 1.12 bits per heavy atom. The summed E-state index contributed by atoms with van der Waals surface area (Å²) in [5.74, 6) is 1.17. The van der Waals surface area contributed by atoms with Crippen LogP contribution < -0.4 is 15.1 Å². The molecule has 0 radical (unpaired) electrons. The third kappa shape index (κ3) is 3.97. The molecule has 1 saturated heterocycles. The quantitative estimate of drug-likeness (QED) is 0.922. The smallest absolute Gasteiger partial charge is 0.224 e. The number of anilines is 3. The van der Waals surface area contributed by atoms with Gasteiger partial charge in [-0.3, -0.25) is 0 Å². The summed E-state index contributed by atoms with van der Waals surface area (Å²) < 4.78 is 13.7. The summed E-state index contributed by atoms with van der Waals surface area (Å²) in [5, 5.41) is 12.2. The van der Waals surface area contributed by atoms with Gasteiger partial charge in [-0.25, -0.2) is 9.37 Å². The number of hydrogen-bond donors (Lipinski definition) is 1. The molecule has 2 aromatic rings. The van der Waals surface area contributed by atoms with E-state index in [9.17, 15) is 4.39 Å². The third-order valence-electron chi connectivity index (χ3n) is 4.16. The Balaban J connectivity index is 1.72. The first kappa shape index (κ1) is 17.0. The van der Waals surface area contributed by atoms with Gasteiger partial charge in [0.05, 0.1) is 11.6 Å².